The van der Waals surface area contributed by atoms with Crippen molar-refractivity contribution in [2.45, 2.75) is 25.9 Å². The third-order valence-corrected chi connectivity index (χ3v) is 2.26. The Balaban J connectivity index is 2.08. The number of Topliss-reactive ketones (excluding diaryl/α,β-unsaturated/α-hetero) is 1. The SMILES string of the molecule is C=CCCC(=O)CCOCc1ccccc1. The Hall–Kier alpha value is -1.41. The molecule has 16 heavy (non-hydrogen) atoms. The number of allylic oxidation sites excluding steroid dienone is 1. The molecule has 0 saturated carbocycles. The molecule has 0 saturated heterocycles. The number of hydrogen-bond acceptors (Lipinski definition) is 2. The topological polar surface area (TPSA) is 26.3 Å². The Morgan fingerprint density at radius 1 is 1.25 bits per heavy atom. The number of benzene rings is 1. The fourth-order valence-electron chi connectivity index (χ4n) is 1.34. The molecule has 0 unspecified atom stereocenters. The van der Waals surface area contributed by atoms with Crippen molar-refractivity contribution in [1.82, 2.24) is 0 Å². The Kier molecular flexibility index (Phi) is 6.19. The molecule has 2 heteroatoms. The van der Waals surface area contributed by atoms with Crippen LogP contribution in [-0.4, -0.2) is 12.4 Å². The summed E-state index contributed by atoms with van der Waals surface area (Å²) in [7, 11) is 0. The van der Waals surface area contributed by atoms with Crippen LogP contribution in [-0.2, 0) is 16.1 Å². The molecule has 0 aliphatic heterocycles. The van der Waals surface area contributed by atoms with Gasteiger partial charge in [-0.05, 0) is 12.0 Å². The maximum Gasteiger partial charge on any atom is 0.135 e. The molecular weight excluding hydrogens is 200 g/mol. The Bertz CT molecular complexity index is 317. The summed E-state index contributed by atoms with van der Waals surface area (Å²) < 4.78 is 5.42. The lowest BCUT2D eigenvalue weighted by molar-refractivity contribution is -0.120. The summed E-state index contributed by atoms with van der Waals surface area (Å²) in [5, 5.41) is 0. The third-order valence-electron chi connectivity index (χ3n) is 2.26. The normalized spacial score (nSPS) is 10.0. The second-order valence-electron chi connectivity index (χ2n) is 3.65. The summed E-state index contributed by atoms with van der Waals surface area (Å²) in [6.07, 6.45) is 3.61. The lowest BCUT2D eigenvalue weighted by Gasteiger charge is -2.03. The predicted octanol–water partition coefficient (Wildman–Crippen LogP) is 3.13. The summed E-state index contributed by atoms with van der Waals surface area (Å²) >= 11 is 0. The van der Waals surface area contributed by atoms with Crippen molar-refractivity contribution in [1.29, 1.82) is 0 Å². The van der Waals surface area contributed by atoms with Crippen LogP contribution in [0, 0.1) is 0 Å². The second kappa shape index (κ2) is 7.83. The van der Waals surface area contributed by atoms with Gasteiger partial charge in [0.1, 0.15) is 5.78 Å². The highest BCUT2D eigenvalue weighted by molar-refractivity contribution is 5.78. The van der Waals surface area contributed by atoms with E-state index < -0.39 is 0 Å². The van der Waals surface area contributed by atoms with E-state index in [9.17, 15) is 4.79 Å². The van der Waals surface area contributed by atoms with E-state index >= 15 is 0 Å². The molecule has 1 aromatic carbocycles. The number of rotatable bonds is 8. The first-order chi connectivity index (χ1) is 7.83. The molecule has 0 N–H and O–H groups in total. The van der Waals surface area contributed by atoms with Gasteiger partial charge in [-0.15, -0.1) is 6.58 Å². The van der Waals surface area contributed by atoms with Gasteiger partial charge in [0.25, 0.3) is 0 Å². The quantitative estimate of drug-likeness (QED) is 0.495. The van der Waals surface area contributed by atoms with Gasteiger partial charge in [0.05, 0.1) is 13.2 Å². The van der Waals surface area contributed by atoms with E-state index in [-0.39, 0.29) is 5.78 Å². The van der Waals surface area contributed by atoms with Crippen molar-refractivity contribution in [2.75, 3.05) is 6.61 Å². The van der Waals surface area contributed by atoms with Crippen LogP contribution >= 0.6 is 0 Å². The van der Waals surface area contributed by atoms with Gasteiger partial charge >= 0.3 is 0 Å². The molecular formula is C14H18O2. The van der Waals surface area contributed by atoms with E-state index in [1.165, 1.54) is 0 Å². The van der Waals surface area contributed by atoms with Crippen molar-refractivity contribution in [3.05, 3.63) is 48.6 Å². The average molecular weight is 218 g/mol. The van der Waals surface area contributed by atoms with Crippen LogP contribution in [0.1, 0.15) is 24.8 Å². The summed E-state index contributed by atoms with van der Waals surface area (Å²) in [5.41, 5.74) is 1.14. The molecule has 0 heterocycles. The van der Waals surface area contributed by atoms with Crippen LogP contribution in [0.5, 0.6) is 0 Å². The molecule has 0 aliphatic carbocycles. The molecule has 2 nitrogen and oxygen atoms in total. The number of ether oxygens (including phenoxy) is 1. The van der Waals surface area contributed by atoms with E-state index in [1.807, 2.05) is 30.3 Å². The minimum Gasteiger partial charge on any atom is -0.376 e. The molecule has 86 valence electrons. The first kappa shape index (κ1) is 12.7. The van der Waals surface area contributed by atoms with E-state index in [0.29, 0.717) is 26.1 Å². The molecule has 0 spiro atoms. The standard InChI is InChI=1S/C14H18O2/c1-2-3-9-14(15)10-11-16-12-13-7-5-4-6-8-13/h2,4-8H,1,3,9-12H2. The van der Waals surface area contributed by atoms with Crippen LogP contribution in [0.3, 0.4) is 0 Å². The fourth-order valence-corrected chi connectivity index (χ4v) is 1.34. The van der Waals surface area contributed by atoms with Gasteiger partial charge in [0.15, 0.2) is 0 Å². The van der Waals surface area contributed by atoms with Crippen LogP contribution in [0.25, 0.3) is 0 Å². The second-order valence-corrected chi connectivity index (χ2v) is 3.65. The summed E-state index contributed by atoms with van der Waals surface area (Å²) in [6.45, 7) is 4.67. The Morgan fingerprint density at radius 3 is 2.69 bits per heavy atom. The maximum absolute atomic E-state index is 11.3. The zero-order valence-electron chi connectivity index (χ0n) is 9.52. The third kappa shape index (κ3) is 5.47. The highest BCUT2D eigenvalue weighted by atomic mass is 16.5. The largest absolute Gasteiger partial charge is 0.376 e. The number of carbonyl (C=O) groups is 1. The molecule has 0 atom stereocenters. The van der Waals surface area contributed by atoms with Crippen molar-refractivity contribution >= 4 is 5.78 Å². The van der Waals surface area contributed by atoms with Gasteiger partial charge in [-0.1, -0.05) is 36.4 Å². The summed E-state index contributed by atoms with van der Waals surface area (Å²) in [5.74, 6) is 0.243. The molecule has 0 aliphatic rings. The van der Waals surface area contributed by atoms with Crippen molar-refractivity contribution in [3.8, 4) is 0 Å². The highest BCUT2D eigenvalue weighted by Gasteiger charge is 2.00. The Labute approximate surface area is 96.9 Å². The van der Waals surface area contributed by atoms with Gasteiger partial charge in [0.2, 0.25) is 0 Å². The monoisotopic (exact) mass is 218 g/mol. The minimum atomic E-state index is 0.243. The van der Waals surface area contributed by atoms with Crippen LogP contribution in [0.15, 0.2) is 43.0 Å². The molecule has 0 fully saturated rings. The summed E-state index contributed by atoms with van der Waals surface area (Å²) in [6, 6.07) is 9.96. The number of hydrogen-bond donors (Lipinski definition) is 0. The molecule has 0 bridgehead atoms. The van der Waals surface area contributed by atoms with Crippen LogP contribution in [0.2, 0.25) is 0 Å². The van der Waals surface area contributed by atoms with Gasteiger partial charge in [-0.3, -0.25) is 4.79 Å². The van der Waals surface area contributed by atoms with Gasteiger partial charge in [-0.2, -0.15) is 0 Å². The first-order valence-corrected chi connectivity index (χ1v) is 5.57. The van der Waals surface area contributed by atoms with E-state index in [4.69, 9.17) is 4.74 Å². The van der Waals surface area contributed by atoms with Crippen molar-refractivity contribution in [2.24, 2.45) is 0 Å². The maximum atomic E-state index is 11.3. The smallest absolute Gasteiger partial charge is 0.135 e. The highest BCUT2D eigenvalue weighted by Crippen LogP contribution is 2.02. The summed E-state index contributed by atoms with van der Waals surface area (Å²) in [4.78, 5) is 11.3. The van der Waals surface area contributed by atoms with Crippen LogP contribution in [0.4, 0.5) is 0 Å². The zero-order valence-corrected chi connectivity index (χ0v) is 9.52. The molecule has 0 radical (unpaired) electrons. The lowest BCUT2D eigenvalue weighted by atomic mass is 10.2. The van der Waals surface area contributed by atoms with E-state index in [2.05, 4.69) is 6.58 Å². The molecule has 0 amide bonds. The van der Waals surface area contributed by atoms with E-state index in [0.717, 1.165) is 12.0 Å². The molecule has 1 aromatic rings. The predicted molar refractivity (Wildman–Crippen MR) is 65.2 cm³/mol. The van der Waals surface area contributed by atoms with Crippen molar-refractivity contribution < 1.29 is 9.53 Å². The minimum absolute atomic E-state index is 0.243. The van der Waals surface area contributed by atoms with E-state index in [1.54, 1.807) is 6.08 Å². The van der Waals surface area contributed by atoms with Gasteiger partial charge in [-0.25, -0.2) is 0 Å². The van der Waals surface area contributed by atoms with Gasteiger partial charge in [0, 0.05) is 12.8 Å². The number of carbonyl (C=O) groups excluding carboxylic acids is 1. The average Bonchev–Trinajstić information content (AvgIpc) is 2.33. The first-order valence-electron chi connectivity index (χ1n) is 5.57. The Morgan fingerprint density at radius 2 is 2.00 bits per heavy atom. The zero-order chi connectivity index (χ0) is 11.6. The van der Waals surface area contributed by atoms with Gasteiger partial charge < -0.3 is 4.74 Å². The lowest BCUT2D eigenvalue weighted by Crippen LogP contribution is -2.03. The van der Waals surface area contributed by atoms with Crippen molar-refractivity contribution in [3.63, 3.8) is 0 Å². The molecule has 0 aromatic heterocycles. The fraction of sp³-hybridized carbons (Fsp3) is 0.357. The number of ketones is 1. The van der Waals surface area contributed by atoms with Crippen LogP contribution < -0.4 is 0 Å². The molecule has 1 rings (SSSR count).